The van der Waals surface area contributed by atoms with Crippen LogP contribution in [0, 0.1) is 13.8 Å². The van der Waals surface area contributed by atoms with E-state index in [4.69, 9.17) is 13.6 Å². The SMILES string of the molecule is COCc1nnc(NC(=O)Cc2c(C)c3cc4c(C)coc4cc3oc2=O)s1. The fourth-order valence-corrected chi connectivity index (χ4v) is 3.78. The van der Waals surface area contributed by atoms with E-state index >= 15 is 0 Å². The molecule has 0 atom stereocenters. The maximum atomic E-state index is 12.5. The maximum Gasteiger partial charge on any atom is 0.340 e. The third kappa shape index (κ3) is 3.30. The van der Waals surface area contributed by atoms with Crippen LogP contribution in [-0.2, 0) is 22.6 Å². The Kier molecular flexibility index (Phi) is 4.70. The lowest BCUT2D eigenvalue weighted by atomic mass is 10.0. The molecule has 9 heteroatoms. The molecule has 0 fully saturated rings. The minimum atomic E-state index is -0.542. The molecule has 3 heterocycles. The first kappa shape index (κ1) is 18.3. The molecule has 0 saturated carbocycles. The number of hydrogen-bond donors (Lipinski definition) is 1. The summed E-state index contributed by atoms with van der Waals surface area (Å²) in [6.07, 6.45) is 1.54. The van der Waals surface area contributed by atoms with E-state index in [9.17, 15) is 9.59 Å². The van der Waals surface area contributed by atoms with E-state index in [1.807, 2.05) is 19.9 Å². The lowest BCUT2D eigenvalue weighted by Gasteiger charge is -2.08. The van der Waals surface area contributed by atoms with Crippen molar-refractivity contribution in [2.75, 3.05) is 12.4 Å². The fraction of sp³-hybridized carbons (Fsp3) is 0.263. The van der Waals surface area contributed by atoms with Crippen LogP contribution in [0.25, 0.3) is 21.9 Å². The molecule has 0 saturated heterocycles. The van der Waals surface area contributed by atoms with Crippen LogP contribution < -0.4 is 10.9 Å². The van der Waals surface area contributed by atoms with Gasteiger partial charge >= 0.3 is 5.63 Å². The third-order valence-corrected chi connectivity index (χ3v) is 5.31. The van der Waals surface area contributed by atoms with Gasteiger partial charge in [0.15, 0.2) is 0 Å². The molecule has 1 amide bonds. The summed E-state index contributed by atoms with van der Waals surface area (Å²) in [7, 11) is 1.56. The maximum absolute atomic E-state index is 12.5. The molecule has 8 nitrogen and oxygen atoms in total. The average molecular weight is 399 g/mol. The molecule has 28 heavy (non-hydrogen) atoms. The van der Waals surface area contributed by atoms with Gasteiger partial charge in [0.25, 0.3) is 0 Å². The van der Waals surface area contributed by atoms with Crippen LogP contribution in [-0.4, -0.2) is 23.2 Å². The summed E-state index contributed by atoms with van der Waals surface area (Å²) in [5.41, 5.74) is 2.56. The summed E-state index contributed by atoms with van der Waals surface area (Å²) >= 11 is 1.22. The highest BCUT2D eigenvalue weighted by atomic mass is 32.1. The Bertz CT molecular complexity index is 1250. The van der Waals surface area contributed by atoms with Crippen molar-refractivity contribution in [3.63, 3.8) is 0 Å². The van der Waals surface area contributed by atoms with Crippen molar-refractivity contribution < 1.29 is 18.4 Å². The number of carbonyl (C=O) groups is 1. The van der Waals surface area contributed by atoms with Gasteiger partial charge in [-0.3, -0.25) is 4.79 Å². The van der Waals surface area contributed by atoms with Gasteiger partial charge in [-0.25, -0.2) is 4.79 Å². The smallest absolute Gasteiger partial charge is 0.340 e. The minimum absolute atomic E-state index is 0.119. The van der Waals surface area contributed by atoms with Crippen LogP contribution in [0.5, 0.6) is 0 Å². The molecular formula is C19H17N3O5S. The zero-order valence-corrected chi connectivity index (χ0v) is 16.3. The number of nitrogens with zero attached hydrogens (tertiary/aromatic N) is 2. The molecule has 0 aliphatic carbocycles. The van der Waals surface area contributed by atoms with E-state index in [2.05, 4.69) is 15.5 Å². The van der Waals surface area contributed by atoms with Gasteiger partial charge in [-0.2, -0.15) is 0 Å². The van der Waals surface area contributed by atoms with Gasteiger partial charge in [-0.05, 0) is 31.0 Å². The number of aromatic nitrogens is 2. The van der Waals surface area contributed by atoms with Crippen molar-refractivity contribution in [1.82, 2.24) is 10.2 Å². The van der Waals surface area contributed by atoms with E-state index < -0.39 is 5.63 Å². The van der Waals surface area contributed by atoms with Crippen molar-refractivity contribution in [2.45, 2.75) is 26.9 Å². The normalized spacial score (nSPS) is 11.4. The lowest BCUT2D eigenvalue weighted by molar-refractivity contribution is -0.115. The highest BCUT2D eigenvalue weighted by Gasteiger charge is 2.17. The first-order chi connectivity index (χ1) is 13.5. The number of rotatable bonds is 5. The number of methoxy groups -OCH3 is 1. The Hall–Kier alpha value is -3.04. The molecule has 4 aromatic rings. The Morgan fingerprint density at radius 1 is 1.21 bits per heavy atom. The Labute approximate surface area is 163 Å². The number of furan rings is 1. The van der Waals surface area contributed by atoms with Crippen molar-refractivity contribution in [2.24, 2.45) is 0 Å². The van der Waals surface area contributed by atoms with E-state index in [0.717, 1.165) is 16.3 Å². The fourth-order valence-electron chi connectivity index (χ4n) is 3.05. The summed E-state index contributed by atoms with van der Waals surface area (Å²) in [5.74, 6) is -0.365. The van der Waals surface area contributed by atoms with Gasteiger partial charge in [0.2, 0.25) is 11.0 Å². The van der Waals surface area contributed by atoms with Gasteiger partial charge in [0.05, 0.1) is 18.2 Å². The monoisotopic (exact) mass is 399 g/mol. The van der Waals surface area contributed by atoms with Gasteiger partial charge < -0.3 is 18.9 Å². The number of fused-ring (bicyclic) bond motifs is 2. The van der Waals surface area contributed by atoms with Crippen molar-refractivity contribution in [3.05, 3.63) is 50.5 Å². The summed E-state index contributed by atoms with van der Waals surface area (Å²) in [6, 6.07) is 3.62. The molecule has 144 valence electrons. The molecule has 0 radical (unpaired) electrons. The molecule has 4 rings (SSSR count). The third-order valence-electron chi connectivity index (χ3n) is 4.49. The number of amides is 1. The largest absolute Gasteiger partial charge is 0.464 e. The molecule has 1 N–H and O–H groups in total. The van der Waals surface area contributed by atoms with Crippen LogP contribution in [0.3, 0.4) is 0 Å². The molecule has 0 spiro atoms. The Balaban J connectivity index is 1.65. The number of benzene rings is 1. The van der Waals surface area contributed by atoms with Crippen LogP contribution in [0.2, 0.25) is 0 Å². The standard InChI is InChI=1S/C19H17N3O5S/c1-9-7-26-14-6-15-12(4-11(9)14)10(2)13(18(24)27-15)5-16(23)20-19-22-21-17(28-19)8-25-3/h4,6-7H,5,8H2,1-3H3,(H,20,22,23). The molecule has 0 aliphatic heterocycles. The first-order valence-electron chi connectivity index (χ1n) is 8.51. The van der Waals surface area contributed by atoms with Gasteiger partial charge in [0.1, 0.15) is 22.8 Å². The lowest BCUT2D eigenvalue weighted by Crippen LogP contribution is -2.20. The van der Waals surface area contributed by atoms with Gasteiger partial charge in [-0.1, -0.05) is 11.3 Å². The number of hydrogen-bond acceptors (Lipinski definition) is 8. The first-order valence-corrected chi connectivity index (χ1v) is 9.33. The summed E-state index contributed by atoms with van der Waals surface area (Å²) < 4.78 is 15.9. The predicted octanol–water partition coefficient (Wildman–Crippen LogP) is 3.34. The zero-order chi connectivity index (χ0) is 19.8. The molecule has 0 unspecified atom stereocenters. The molecule has 0 aliphatic rings. The summed E-state index contributed by atoms with van der Waals surface area (Å²) in [6.45, 7) is 4.08. The number of nitrogens with one attached hydrogen (secondary N) is 1. The Morgan fingerprint density at radius 3 is 2.82 bits per heavy atom. The van der Waals surface area contributed by atoms with Crippen molar-refractivity contribution in [3.8, 4) is 0 Å². The second-order valence-corrected chi connectivity index (χ2v) is 7.48. The molecule has 3 aromatic heterocycles. The highest BCUT2D eigenvalue weighted by molar-refractivity contribution is 7.15. The van der Waals surface area contributed by atoms with E-state index in [-0.39, 0.29) is 12.3 Å². The zero-order valence-electron chi connectivity index (χ0n) is 15.5. The molecular weight excluding hydrogens is 382 g/mol. The molecule has 1 aromatic carbocycles. The molecule has 0 bridgehead atoms. The van der Waals surface area contributed by atoms with Crippen LogP contribution >= 0.6 is 11.3 Å². The Morgan fingerprint density at radius 2 is 2.04 bits per heavy atom. The summed E-state index contributed by atoms with van der Waals surface area (Å²) in [4.78, 5) is 24.9. The highest BCUT2D eigenvalue weighted by Crippen LogP contribution is 2.29. The quantitative estimate of drug-likeness (QED) is 0.513. The van der Waals surface area contributed by atoms with Gasteiger partial charge in [0, 0.05) is 23.9 Å². The predicted molar refractivity (Wildman–Crippen MR) is 105 cm³/mol. The van der Waals surface area contributed by atoms with Gasteiger partial charge in [-0.15, -0.1) is 10.2 Å². The average Bonchev–Trinajstić information content (AvgIpc) is 3.24. The van der Waals surface area contributed by atoms with Crippen molar-refractivity contribution >= 4 is 44.3 Å². The number of ether oxygens (including phenoxy) is 1. The number of carbonyl (C=O) groups excluding carboxylic acids is 1. The summed E-state index contributed by atoms with van der Waals surface area (Å²) in [5, 5.41) is 13.2. The van der Waals surface area contributed by atoms with E-state index in [1.54, 1.807) is 19.4 Å². The minimum Gasteiger partial charge on any atom is -0.464 e. The number of anilines is 1. The van der Waals surface area contributed by atoms with Crippen LogP contribution in [0.4, 0.5) is 5.13 Å². The van der Waals surface area contributed by atoms with Crippen LogP contribution in [0.1, 0.15) is 21.7 Å². The van der Waals surface area contributed by atoms with Crippen molar-refractivity contribution in [1.29, 1.82) is 0 Å². The van der Waals surface area contributed by atoms with E-state index in [1.165, 1.54) is 11.3 Å². The topological polar surface area (TPSA) is 107 Å². The number of aryl methyl sites for hydroxylation is 2. The second-order valence-electron chi connectivity index (χ2n) is 6.42. The second kappa shape index (κ2) is 7.17. The van der Waals surface area contributed by atoms with E-state index in [0.29, 0.717) is 39.0 Å². The van der Waals surface area contributed by atoms with Crippen LogP contribution in [0.15, 0.2) is 32.0 Å².